The van der Waals surface area contributed by atoms with Crippen molar-refractivity contribution in [2.45, 2.75) is 0 Å². The molecule has 0 bridgehead atoms. The first-order chi connectivity index (χ1) is 4.30. The van der Waals surface area contributed by atoms with Crippen molar-refractivity contribution in [3.05, 3.63) is 0 Å². The van der Waals surface area contributed by atoms with Gasteiger partial charge in [-0.05, 0) is 0 Å². The second kappa shape index (κ2) is 3.08. The van der Waals surface area contributed by atoms with E-state index >= 15 is 0 Å². The van der Waals surface area contributed by atoms with Crippen LogP contribution in [-0.2, 0) is 0 Å². The number of guanidine groups is 1. The van der Waals surface area contributed by atoms with E-state index in [0.717, 1.165) is 29.5 Å². The molecule has 0 spiro atoms. The summed E-state index contributed by atoms with van der Waals surface area (Å²) in [5.74, 6) is 2.60. The minimum atomic E-state index is 0.301. The molecule has 4 heteroatoms. The van der Waals surface area contributed by atoms with Crippen molar-refractivity contribution in [2.24, 2.45) is 5.73 Å². The van der Waals surface area contributed by atoms with Crippen molar-refractivity contribution in [2.75, 3.05) is 24.6 Å². The van der Waals surface area contributed by atoms with E-state index in [2.05, 4.69) is 0 Å². The largest absolute Gasteiger partial charge is 0.338 e. The van der Waals surface area contributed by atoms with Gasteiger partial charge in [-0.25, -0.2) is 5.41 Å². The Morgan fingerprint density at radius 1 is 1.44 bits per heavy atom. The monoisotopic (exact) mass is 146 g/mol. The Morgan fingerprint density at radius 2 is 2.00 bits per heavy atom. The van der Waals surface area contributed by atoms with Gasteiger partial charge in [0, 0.05) is 11.5 Å². The molecule has 4 N–H and O–H groups in total. The molecule has 1 saturated heterocycles. The van der Waals surface area contributed by atoms with Crippen molar-refractivity contribution < 1.29 is 4.90 Å². The first kappa shape index (κ1) is 6.89. The van der Waals surface area contributed by atoms with Crippen molar-refractivity contribution in [3.8, 4) is 0 Å². The van der Waals surface area contributed by atoms with Crippen LogP contribution in [0, 0.1) is 5.41 Å². The third kappa shape index (κ3) is 1.87. The van der Waals surface area contributed by atoms with Gasteiger partial charge in [0.2, 0.25) is 0 Å². The first-order valence-electron chi connectivity index (χ1n) is 3.07. The first-order valence-corrected chi connectivity index (χ1v) is 4.23. The van der Waals surface area contributed by atoms with E-state index in [1.165, 1.54) is 0 Å². The molecule has 1 aliphatic heterocycles. The standard InChI is InChI=1S/C5H11N3S/c6-5(7)8-1-3-9-4-2-8/h1-4H2,(H3,6,7)/p+1. The lowest BCUT2D eigenvalue weighted by Crippen LogP contribution is -3.17. The molecule has 9 heavy (non-hydrogen) atoms. The lowest BCUT2D eigenvalue weighted by molar-refractivity contribution is -0.803. The van der Waals surface area contributed by atoms with E-state index in [9.17, 15) is 0 Å². The smallest absolute Gasteiger partial charge is 0.290 e. The number of quaternary nitrogens is 1. The maximum absolute atomic E-state index is 7.12. The molecule has 0 unspecified atom stereocenters. The summed E-state index contributed by atoms with van der Waals surface area (Å²) in [4.78, 5) is 1.15. The predicted octanol–water partition coefficient (Wildman–Crippen LogP) is -1.49. The van der Waals surface area contributed by atoms with Gasteiger partial charge in [0.1, 0.15) is 0 Å². The fraction of sp³-hybridized carbons (Fsp3) is 0.800. The summed E-state index contributed by atoms with van der Waals surface area (Å²) in [6, 6.07) is 0. The summed E-state index contributed by atoms with van der Waals surface area (Å²) in [5, 5.41) is 7.12. The normalized spacial score (nSPS) is 21.8. The Balaban J connectivity index is 2.31. The highest BCUT2D eigenvalue weighted by atomic mass is 32.2. The summed E-state index contributed by atoms with van der Waals surface area (Å²) in [7, 11) is 0. The van der Waals surface area contributed by atoms with Crippen molar-refractivity contribution in [1.82, 2.24) is 0 Å². The van der Waals surface area contributed by atoms with Crippen LogP contribution in [0.3, 0.4) is 0 Å². The molecule has 0 aromatic carbocycles. The summed E-state index contributed by atoms with van der Waals surface area (Å²) >= 11 is 1.94. The highest BCUT2D eigenvalue weighted by Crippen LogP contribution is 1.96. The quantitative estimate of drug-likeness (QED) is 0.288. The van der Waals surface area contributed by atoms with Gasteiger partial charge in [-0.3, -0.25) is 4.90 Å². The molecule has 1 rings (SSSR count). The lowest BCUT2D eigenvalue weighted by Gasteiger charge is -2.20. The summed E-state index contributed by atoms with van der Waals surface area (Å²) < 4.78 is 0. The number of hydrogen-bond acceptors (Lipinski definition) is 2. The van der Waals surface area contributed by atoms with Crippen LogP contribution in [0.5, 0.6) is 0 Å². The molecular formula is C5H12N3S+. The highest BCUT2D eigenvalue weighted by molar-refractivity contribution is 7.99. The molecule has 0 radical (unpaired) electrons. The van der Waals surface area contributed by atoms with E-state index < -0.39 is 0 Å². The van der Waals surface area contributed by atoms with Crippen LogP contribution < -0.4 is 10.6 Å². The van der Waals surface area contributed by atoms with Crippen LogP contribution in [0.2, 0.25) is 0 Å². The number of hydrogen-bond donors (Lipinski definition) is 3. The average molecular weight is 146 g/mol. The summed E-state index contributed by atoms with van der Waals surface area (Å²) in [6.07, 6.45) is 0. The van der Waals surface area contributed by atoms with Crippen LogP contribution >= 0.6 is 11.8 Å². The molecule has 0 atom stereocenters. The molecule has 0 aromatic rings. The molecule has 1 heterocycles. The summed E-state index contributed by atoms with van der Waals surface area (Å²) in [5.41, 5.74) is 5.30. The number of nitrogens with two attached hydrogens (primary N) is 1. The maximum atomic E-state index is 7.12. The summed E-state index contributed by atoms with van der Waals surface area (Å²) in [6.45, 7) is 2.06. The van der Waals surface area contributed by atoms with Gasteiger partial charge >= 0.3 is 0 Å². The number of thioether (sulfide) groups is 1. The van der Waals surface area contributed by atoms with Gasteiger partial charge in [0.15, 0.2) is 0 Å². The molecule has 3 nitrogen and oxygen atoms in total. The minimum Gasteiger partial charge on any atom is -0.338 e. The second-order valence-corrected chi connectivity index (χ2v) is 3.35. The van der Waals surface area contributed by atoms with Crippen LogP contribution in [0.4, 0.5) is 0 Å². The highest BCUT2D eigenvalue weighted by Gasteiger charge is 2.15. The molecule has 0 aliphatic carbocycles. The van der Waals surface area contributed by atoms with Gasteiger partial charge in [0.25, 0.3) is 5.96 Å². The third-order valence-electron chi connectivity index (χ3n) is 1.48. The predicted molar refractivity (Wildman–Crippen MR) is 39.9 cm³/mol. The molecule has 52 valence electrons. The van der Waals surface area contributed by atoms with E-state index in [4.69, 9.17) is 11.1 Å². The van der Waals surface area contributed by atoms with Gasteiger partial charge in [-0.1, -0.05) is 0 Å². The van der Waals surface area contributed by atoms with Crippen LogP contribution in [0.25, 0.3) is 0 Å². The average Bonchev–Trinajstić information content (AvgIpc) is 1.90. The third-order valence-corrected chi connectivity index (χ3v) is 2.46. The van der Waals surface area contributed by atoms with E-state index in [1.807, 2.05) is 11.8 Å². The van der Waals surface area contributed by atoms with Crippen LogP contribution in [0.1, 0.15) is 0 Å². The number of nitrogens with one attached hydrogen (secondary N) is 2. The molecule has 0 aromatic heterocycles. The Bertz CT molecular complexity index is 109. The van der Waals surface area contributed by atoms with Gasteiger partial charge in [0.05, 0.1) is 13.1 Å². The van der Waals surface area contributed by atoms with E-state index in [-0.39, 0.29) is 0 Å². The number of rotatable bonds is 0. The molecule has 1 aliphatic rings. The fourth-order valence-corrected chi connectivity index (χ4v) is 1.87. The maximum Gasteiger partial charge on any atom is 0.290 e. The second-order valence-electron chi connectivity index (χ2n) is 2.13. The Morgan fingerprint density at radius 3 is 2.33 bits per heavy atom. The van der Waals surface area contributed by atoms with Crippen molar-refractivity contribution >= 4 is 17.7 Å². The minimum absolute atomic E-state index is 0.301. The molecule has 1 fully saturated rings. The zero-order chi connectivity index (χ0) is 6.69. The topological polar surface area (TPSA) is 54.3 Å². The van der Waals surface area contributed by atoms with Gasteiger partial charge in [-0.2, -0.15) is 11.8 Å². The Hall–Kier alpha value is -0.220. The molecular weight excluding hydrogens is 134 g/mol. The van der Waals surface area contributed by atoms with E-state index in [0.29, 0.717) is 5.96 Å². The van der Waals surface area contributed by atoms with Gasteiger partial charge < -0.3 is 5.73 Å². The van der Waals surface area contributed by atoms with Crippen LogP contribution in [-0.4, -0.2) is 30.6 Å². The lowest BCUT2D eigenvalue weighted by atomic mass is 10.5. The van der Waals surface area contributed by atoms with Gasteiger partial charge in [-0.15, -0.1) is 0 Å². The zero-order valence-corrected chi connectivity index (χ0v) is 6.13. The Labute approximate surface area is 59.1 Å². The molecule has 0 saturated carbocycles. The van der Waals surface area contributed by atoms with Crippen molar-refractivity contribution in [3.63, 3.8) is 0 Å². The van der Waals surface area contributed by atoms with Crippen LogP contribution in [0.15, 0.2) is 0 Å². The SMILES string of the molecule is N=C(N)[NH+]1CCSCC1. The fourth-order valence-electron chi connectivity index (χ4n) is 0.887. The Kier molecular flexibility index (Phi) is 2.36. The van der Waals surface area contributed by atoms with E-state index in [1.54, 1.807) is 0 Å². The van der Waals surface area contributed by atoms with Crippen molar-refractivity contribution in [1.29, 1.82) is 5.41 Å². The molecule has 0 amide bonds. The zero-order valence-electron chi connectivity index (χ0n) is 5.31.